The van der Waals surface area contributed by atoms with E-state index < -0.39 is 0 Å². The van der Waals surface area contributed by atoms with E-state index >= 15 is 0 Å². The third kappa shape index (κ3) is 3.48. The third-order valence-electron chi connectivity index (χ3n) is 1.80. The van der Waals surface area contributed by atoms with Gasteiger partial charge in [0.25, 0.3) is 0 Å². The van der Waals surface area contributed by atoms with Gasteiger partial charge in [-0.2, -0.15) is 0 Å². The van der Waals surface area contributed by atoms with Gasteiger partial charge >= 0.3 is 0 Å². The van der Waals surface area contributed by atoms with Crippen molar-refractivity contribution in [3.8, 4) is 5.75 Å². The monoisotopic (exact) mass is 279 g/mol. The van der Waals surface area contributed by atoms with Gasteiger partial charge in [-0.3, -0.25) is 0 Å². The van der Waals surface area contributed by atoms with Crippen LogP contribution in [0.15, 0.2) is 16.6 Å². The number of hydrogen-bond acceptors (Lipinski definition) is 2. The molecule has 0 heterocycles. The second-order valence-electron chi connectivity index (χ2n) is 3.01. The van der Waals surface area contributed by atoms with Gasteiger partial charge in [0.2, 0.25) is 0 Å². The molecule has 0 aliphatic carbocycles. The summed E-state index contributed by atoms with van der Waals surface area (Å²) in [6.07, 6.45) is 0. The number of aryl methyl sites for hydroxylation is 2. The van der Waals surface area contributed by atoms with Crippen molar-refractivity contribution in [2.75, 3.05) is 13.2 Å². The SMILES string of the molecule is Cc1cc(OCCN)cc(C)c1Br.Cl. The summed E-state index contributed by atoms with van der Waals surface area (Å²) in [4.78, 5) is 0. The van der Waals surface area contributed by atoms with Crippen LogP contribution in [0.2, 0.25) is 0 Å². The highest BCUT2D eigenvalue weighted by atomic mass is 79.9. The molecule has 0 amide bonds. The first-order valence-corrected chi connectivity index (χ1v) is 5.04. The van der Waals surface area contributed by atoms with Crippen LogP contribution < -0.4 is 10.5 Å². The van der Waals surface area contributed by atoms with Crippen LogP contribution in [0.5, 0.6) is 5.75 Å². The minimum Gasteiger partial charge on any atom is -0.492 e. The summed E-state index contributed by atoms with van der Waals surface area (Å²) in [5.74, 6) is 0.892. The zero-order valence-corrected chi connectivity index (χ0v) is 10.7. The molecule has 0 aliphatic heterocycles. The van der Waals surface area contributed by atoms with Crippen LogP contribution in [-0.2, 0) is 0 Å². The van der Waals surface area contributed by atoms with Gasteiger partial charge in [0.15, 0.2) is 0 Å². The summed E-state index contributed by atoms with van der Waals surface area (Å²) in [6.45, 7) is 5.22. The van der Waals surface area contributed by atoms with E-state index in [0.29, 0.717) is 13.2 Å². The van der Waals surface area contributed by atoms with Gasteiger partial charge in [-0.05, 0) is 37.1 Å². The molecule has 2 N–H and O–H groups in total. The fourth-order valence-corrected chi connectivity index (χ4v) is 1.40. The van der Waals surface area contributed by atoms with E-state index in [1.165, 1.54) is 11.1 Å². The number of rotatable bonds is 3. The number of hydrogen-bond donors (Lipinski definition) is 1. The maximum atomic E-state index is 5.43. The first-order chi connectivity index (χ1) is 6.15. The van der Waals surface area contributed by atoms with Crippen LogP contribution in [0, 0.1) is 13.8 Å². The Morgan fingerprint density at radius 3 is 2.21 bits per heavy atom. The Morgan fingerprint density at radius 1 is 1.29 bits per heavy atom. The van der Waals surface area contributed by atoms with Crippen molar-refractivity contribution in [2.45, 2.75) is 13.8 Å². The Balaban J connectivity index is 0.00000169. The lowest BCUT2D eigenvalue weighted by atomic mass is 10.1. The Bertz CT molecular complexity index is 281. The highest BCUT2D eigenvalue weighted by molar-refractivity contribution is 9.10. The fourth-order valence-electron chi connectivity index (χ4n) is 1.17. The standard InChI is InChI=1S/C10H14BrNO.ClH/c1-7-5-9(13-4-3-12)6-8(2)10(7)11;/h5-6H,3-4,12H2,1-2H3;1H. The van der Waals surface area contributed by atoms with Gasteiger partial charge < -0.3 is 10.5 Å². The normalized spacial score (nSPS) is 9.43. The van der Waals surface area contributed by atoms with Crippen LogP contribution in [0.1, 0.15) is 11.1 Å². The molecule has 0 aliphatic rings. The quantitative estimate of drug-likeness (QED) is 0.924. The van der Waals surface area contributed by atoms with E-state index in [1.54, 1.807) is 0 Å². The number of halogens is 2. The van der Waals surface area contributed by atoms with Crippen molar-refractivity contribution in [1.29, 1.82) is 0 Å². The lowest BCUT2D eigenvalue weighted by molar-refractivity contribution is 0.328. The molecule has 0 unspecified atom stereocenters. The number of benzene rings is 1. The maximum absolute atomic E-state index is 5.43. The first kappa shape index (κ1) is 13.8. The summed E-state index contributed by atoms with van der Waals surface area (Å²) in [5.41, 5.74) is 7.72. The van der Waals surface area contributed by atoms with Gasteiger partial charge in [0.05, 0.1) is 0 Å². The maximum Gasteiger partial charge on any atom is 0.119 e. The Kier molecular flexibility index (Phi) is 6.16. The topological polar surface area (TPSA) is 35.2 Å². The molecule has 0 atom stereocenters. The molecule has 0 spiro atoms. The number of ether oxygens (including phenoxy) is 1. The lowest BCUT2D eigenvalue weighted by Gasteiger charge is -2.08. The van der Waals surface area contributed by atoms with Gasteiger partial charge in [-0.1, -0.05) is 15.9 Å². The van der Waals surface area contributed by atoms with E-state index in [9.17, 15) is 0 Å². The van der Waals surface area contributed by atoms with Crippen molar-refractivity contribution in [3.63, 3.8) is 0 Å². The van der Waals surface area contributed by atoms with Gasteiger partial charge in [0, 0.05) is 11.0 Å². The molecular weight excluding hydrogens is 265 g/mol. The minimum absolute atomic E-state index is 0. The van der Waals surface area contributed by atoms with Gasteiger partial charge in [0.1, 0.15) is 12.4 Å². The molecule has 1 rings (SSSR count). The van der Waals surface area contributed by atoms with Crippen LogP contribution >= 0.6 is 28.3 Å². The van der Waals surface area contributed by atoms with E-state index in [4.69, 9.17) is 10.5 Å². The third-order valence-corrected chi connectivity index (χ3v) is 3.05. The molecule has 1 aromatic carbocycles. The molecule has 0 saturated carbocycles. The molecule has 4 heteroatoms. The highest BCUT2D eigenvalue weighted by Gasteiger charge is 2.02. The Hall–Kier alpha value is -0.250. The van der Waals surface area contributed by atoms with Gasteiger partial charge in [-0.25, -0.2) is 0 Å². The minimum atomic E-state index is 0. The molecule has 80 valence electrons. The Labute approximate surface area is 99.4 Å². The van der Waals surface area contributed by atoms with E-state index in [2.05, 4.69) is 15.9 Å². The van der Waals surface area contributed by atoms with Crippen molar-refractivity contribution in [2.24, 2.45) is 5.73 Å². The predicted octanol–water partition coefficient (Wildman–Crippen LogP) is 2.83. The molecule has 0 aromatic heterocycles. The first-order valence-electron chi connectivity index (χ1n) is 4.24. The second-order valence-corrected chi connectivity index (χ2v) is 3.80. The highest BCUT2D eigenvalue weighted by Crippen LogP contribution is 2.26. The molecule has 14 heavy (non-hydrogen) atoms. The summed E-state index contributed by atoms with van der Waals surface area (Å²) in [5, 5.41) is 0. The summed E-state index contributed by atoms with van der Waals surface area (Å²) in [7, 11) is 0. The zero-order chi connectivity index (χ0) is 9.84. The molecule has 0 radical (unpaired) electrons. The Morgan fingerprint density at radius 2 is 1.79 bits per heavy atom. The van der Waals surface area contributed by atoms with Crippen LogP contribution in [-0.4, -0.2) is 13.2 Å². The second kappa shape index (κ2) is 6.27. The molecule has 0 fully saturated rings. The van der Waals surface area contributed by atoms with Crippen LogP contribution in [0.3, 0.4) is 0 Å². The van der Waals surface area contributed by atoms with E-state index in [-0.39, 0.29) is 12.4 Å². The summed E-state index contributed by atoms with van der Waals surface area (Å²) in [6, 6.07) is 4.01. The van der Waals surface area contributed by atoms with Crippen molar-refractivity contribution in [3.05, 3.63) is 27.7 Å². The summed E-state index contributed by atoms with van der Waals surface area (Å²) < 4.78 is 6.57. The van der Waals surface area contributed by atoms with Crippen molar-refractivity contribution in [1.82, 2.24) is 0 Å². The smallest absolute Gasteiger partial charge is 0.119 e. The molecular formula is C10H15BrClNO. The average Bonchev–Trinajstić information content (AvgIpc) is 2.10. The average molecular weight is 281 g/mol. The lowest BCUT2D eigenvalue weighted by Crippen LogP contribution is -2.10. The summed E-state index contributed by atoms with van der Waals surface area (Å²) >= 11 is 3.50. The van der Waals surface area contributed by atoms with Crippen LogP contribution in [0.4, 0.5) is 0 Å². The number of nitrogens with two attached hydrogens (primary N) is 1. The molecule has 2 nitrogen and oxygen atoms in total. The van der Waals surface area contributed by atoms with Crippen molar-refractivity contribution < 1.29 is 4.74 Å². The zero-order valence-electron chi connectivity index (χ0n) is 8.34. The predicted molar refractivity (Wildman–Crippen MR) is 65.4 cm³/mol. The van der Waals surface area contributed by atoms with Gasteiger partial charge in [-0.15, -0.1) is 12.4 Å². The largest absolute Gasteiger partial charge is 0.492 e. The van der Waals surface area contributed by atoms with Crippen molar-refractivity contribution >= 4 is 28.3 Å². The molecule has 0 bridgehead atoms. The molecule has 0 saturated heterocycles. The molecule has 1 aromatic rings. The van der Waals surface area contributed by atoms with E-state index in [1.807, 2.05) is 26.0 Å². The fraction of sp³-hybridized carbons (Fsp3) is 0.400. The van der Waals surface area contributed by atoms with E-state index in [0.717, 1.165) is 10.2 Å². The van der Waals surface area contributed by atoms with Crippen LogP contribution in [0.25, 0.3) is 0 Å².